The Labute approximate surface area is 76.0 Å². The Morgan fingerprint density at radius 1 is 1.42 bits per heavy atom. The molecule has 0 aliphatic heterocycles. The second kappa shape index (κ2) is 4.66. The Bertz CT molecular complexity index is 145. The molecule has 0 heterocycles. The van der Waals surface area contributed by atoms with E-state index in [0.717, 1.165) is 12.3 Å². The van der Waals surface area contributed by atoms with E-state index in [-0.39, 0.29) is 0 Å². The zero-order valence-corrected chi connectivity index (χ0v) is 8.18. The first-order valence-corrected chi connectivity index (χ1v) is 5.10. The van der Waals surface area contributed by atoms with Crippen molar-refractivity contribution in [3.63, 3.8) is 0 Å². The van der Waals surface area contributed by atoms with Crippen LogP contribution in [0.3, 0.4) is 0 Å². The Morgan fingerprint density at radius 3 is 2.50 bits per heavy atom. The van der Waals surface area contributed by atoms with Gasteiger partial charge in [-0.05, 0) is 32.1 Å². The highest BCUT2D eigenvalue weighted by molar-refractivity contribution is 4.94. The summed E-state index contributed by atoms with van der Waals surface area (Å²) in [6.07, 6.45) is 7.88. The molecule has 1 unspecified atom stereocenters. The summed E-state index contributed by atoms with van der Waals surface area (Å²) in [6.45, 7) is 5.98. The van der Waals surface area contributed by atoms with E-state index in [1.165, 1.54) is 37.7 Å². The van der Waals surface area contributed by atoms with E-state index >= 15 is 0 Å². The van der Waals surface area contributed by atoms with Crippen molar-refractivity contribution in [3.8, 4) is 0 Å². The van der Waals surface area contributed by atoms with Crippen LogP contribution < -0.4 is 5.73 Å². The summed E-state index contributed by atoms with van der Waals surface area (Å²) in [5.74, 6) is 0.774. The van der Waals surface area contributed by atoms with Gasteiger partial charge in [-0.3, -0.25) is 0 Å². The van der Waals surface area contributed by atoms with Crippen LogP contribution in [0.2, 0.25) is 0 Å². The summed E-state index contributed by atoms with van der Waals surface area (Å²) in [5.41, 5.74) is 7.32. The van der Waals surface area contributed by atoms with E-state index in [0.29, 0.717) is 6.04 Å². The lowest BCUT2D eigenvalue weighted by Gasteiger charge is -2.27. The maximum Gasteiger partial charge on any atom is 0.0104 e. The van der Waals surface area contributed by atoms with Crippen LogP contribution in [0.25, 0.3) is 0 Å². The molecule has 0 saturated heterocycles. The van der Waals surface area contributed by atoms with Crippen LogP contribution in [0, 0.1) is 5.92 Å². The quantitative estimate of drug-likeness (QED) is 0.643. The fourth-order valence-corrected chi connectivity index (χ4v) is 2.13. The van der Waals surface area contributed by atoms with E-state index in [1.807, 2.05) is 0 Å². The first-order chi connectivity index (χ1) is 5.70. The Morgan fingerprint density at radius 2 is 2.00 bits per heavy atom. The van der Waals surface area contributed by atoms with Gasteiger partial charge >= 0.3 is 0 Å². The zero-order valence-electron chi connectivity index (χ0n) is 8.18. The molecule has 0 aromatic carbocycles. The van der Waals surface area contributed by atoms with Crippen molar-refractivity contribution < 1.29 is 0 Å². The predicted octanol–water partition coefficient (Wildman–Crippen LogP) is 2.86. The number of hydrogen-bond donors (Lipinski definition) is 1. The number of nitrogens with two attached hydrogens (primary N) is 1. The van der Waals surface area contributed by atoms with Gasteiger partial charge in [-0.25, -0.2) is 0 Å². The van der Waals surface area contributed by atoms with Crippen molar-refractivity contribution in [1.82, 2.24) is 0 Å². The second-order valence-electron chi connectivity index (χ2n) is 4.22. The van der Waals surface area contributed by atoms with Crippen LogP contribution >= 0.6 is 0 Å². The standard InChI is InChI=1S/C11H21N/c1-9(2)8-11(12)10-6-4-3-5-7-10/h10-11H,1,3-8,12H2,2H3. The van der Waals surface area contributed by atoms with Crippen LogP contribution in [0.15, 0.2) is 12.2 Å². The van der Waals surface area contributed by atoms with Gasteiger partial charge < -0.3 is 5.73 Å². The molecule has 1 nitrogen and oxygen atoms in total. The lowest BCUT2D eigenvalue weighted by Crippen LogP contribution is -2.31. The predicted molar refractivity (Wildman–Crippen MR) is 54.0 cm³/mol. The van der Waals surface area contributed by atoms with Crippen molar-refractivity contribution in [2.75, 3.05) is 0 Å². The molecule has 0 radical (unpaired) electrons. The first-order valence-electron chi connectivity index (χ1n) is 5.10. The van der Waals surface area contributed by atoms with Gasteiger partial charge in [-0.2, -0.15) is 0 Å². The van der Waals surface area contributed by atoms with Gasteiger partial charge in [-0.1, -0.05) is 24.8 Å². The molecule has 0 aromatic heterocycles. The molecular formula is C11H21N. The topological polar surface area (TPSA) is 26.0 Å². The largest absolute Gasteiger partial charge is 0.327 e. The van der Waals surface area contributed by atoms with E-state index in [1.54, 1.807) is 0 Å². The first kappa shape index (κ1) is 9.79. The molecule has 70 valence electrons. The molecular weight excluding hydrogens is 146 g/mol. The lowest BCUT2D eigenvalue weighted by molar-refractivity contribution is 0.303. The van der Waals surface area contributed by atoms with Gasteiger partial charge in [0.1, 0.15) is 0 Å². The van der Waals surface area contributed by atoms with E-state index in [9.17, 15) is 0 Å². The highest BCUT2D eigenvalue weighted by atomic mass is 14.6. The molecule has 0 bridgehead atoms. The van der Waals surface area contributed by atoms with Gasteiger partial charge in [-0.15, -0.1) is 6.58 Å². The van der Waals surface area contributed by atoms with Gasteiger partial charge in [0.15, 0.2) is 0 Å². The van der Waals surface area contributed by atoms with Gasteiger partial charge in [0.2, 0.25) is 0 Å². The van der Waals surface area contributed by atoms with E-state index < -0.39 is 0 Å². The normalized spacial score (nSPS) is 22.2. The van der Waals surface area contributed by atoms with Crippen molar-refractivity contribution in [3.05, 3.63) is 12.2 Å². The van der Waals surface area contributed by atoms with Gasteiger partial charge in [0.25, 0.3) is 0 Å². The average molecular weight is 167 g/mol. The van der Waals surface area contributed by atoms with Crippen molar-refractivity contribution in [1.29, 1.82) is 0 Å². The van der Waals surface area contributed by atoms with E-state index in [4.69, 9.17) is 5.73 Å². The summed E-state index contributed by atoms with van der Waals surface area (Å²) in [7, 11) is 0. The summed E-state index contributed by atoms with van der Waals surface area (Å²) in [4.78, 5) is 0. The summed E-state index contributed by atoms with van der Waals surface area (Å²) < 4.78 is 0. The maximum absolute atomic E-state index is 6.09. The van der Waals surface area contributed by atoms with Crippen molar-refractivity contribution in [2.24, 2.45) is 11.7 Å². The SMILES string of the molecule is C=C(C)CC(N)C1CCCCC1. The molecule has 0 aromatic rings. The number of rotatable bonds is 3. The number of hydrogen-bond acceptors (Lipinski definition) is 1. The third kappa shape index (κ3) is 2.98. The fourth-order valence-electron chi connectivity index (χ4n) is 2.13. The third-order valence-corrected chi connectivity index (χ3v) is 2.84. The van der Waals surface area contributed by atoms with Crippen LogP contribution in [-0.2, 0) is 0 Å². The minimum Gasteiger partial charge on any atom is -0.327 e. The maximum atomic E-state index is 6.09. The molecule has 2 N–H and O–H groups in total. The van der Waals surface area contributed by atoms with Crippen molar-refractivity contribution in [2.45, 2.75) is 51.5 Å². The molecule has 1 saturated carbocycles. The van der Waals surface area contributed by atoms with Crippen LogP contribution in [-0.4, -0.2) is 6.04 Å². The highest BCUT2D eigenvalue weighted by Gasteiger charge is 2.19. The lowest BCUT2D eigenvalue weighted by atomic mass is 9.82. The highest BCUT2D eigenvalue weighted by Crippen LogP contribution is 2.27. The summed E-state index contributed by atoms with van der Waals surface area (Å²) in [5, 5.41) is 0. The smallest absolute Gasteiger partial charge is 0.0104 e. The molecule has 0 amide bonds. The molecule has 1 fully saturated rings. The Balaban J connectivity index is 2.29. The van der Waals surface area contributed by atoms with Crippen LogP contribution in [0.1, 0.15) is 45.4 Å². The zero-order chi connectivity index (χ0) is 8.97. The monoisotopic (exact) mass is 167 g/mol. The molecule has 1 aliphatic rings. The van der Waals surface area contributed by atoms with Crippen LogP contribution in [0.5, 0.6) is 0 Å². The van der Waals surface area contributed by atoms with E-state index in [2.05, 4.69) is 13.5 Å². The minimum atomic E-state index is 0.378. The second-order valence-corrected chi connectivity index (χ2v) is 4.22. The summed E-state index contributed by atoms with van der Waals surface area (Å²) >= 11 is 0. The molecule has 1 aliphatic carbocycles. The molecule has 0 spiro atoms. The molecule has 12 heavy (non-hydrogen) atoms. The fraction of sp³-hybridized carbons (Fsp3) is 0.818. The molecule has 1 heteroatoms. The minimum absolute atomic E-state index is 0.378. The van der Waals surface area contributed by atoms with Gasteiger partial charge in [0.05, 0.1) is 0 Å². The summed E-state index contributed by atoms with van der Waals surface area (Å²) in [6, 6.07) is 0.378. The Hall–Kier alpha value is -0.300. The molecule has 1 atom stereocenters. The third-order valence-electron chi connectivity index (χ3n) is 2.84. The molecule has 1 rings (SSSR count). The Kier molecular flexibility index (Phi) is 3.80. The van der Waals surface area contributed by atoms with Crippen LogP contribution in [0.4, 0.5) is 0 Å². The van der Waals surface area contributed by atoms with Gasteiger partial charge in [0, 0.05) is 6.04 Å². The average Bonchev–Trinajstić information content (AvgIpc) is 2.05. The van der Waals surface area contributed by atoms with Crippen molar-refractivity contribution >= 4 is 0 Å².